The molecular weight excluding hydrogens is 454 g/mol. The van der Waals surface area contributed by atoms with Gasteiger partial charge in [0.25, 0.3) is 0 Å². The van der Waals surface area contributed by atoms with Gasteiger partial charge in [-0.1, -0.05) is 0 Å². The lowest BCUT2D eigenvalue weighted by atomic mass is 9.97. The number of rotatable bonds is 6. The second-order valence-corrected chi connectivity index (χ2v) is 8.49. The molecule has 2 atom stereocenters. The van der Waals surface area contributed by atoms with E-state index >= 15 is 0 Å². The fourth-order valence-electron chi connectivity index (χ4n) is 4.24. The van der Waals surface area contributed by atoms with Gasteiger partial charge in [-0.2, -0.15) is 5.26 Å². The van der Waals surface area contributed by atoms with Crippen LogP contribution >= 0.6 is 0 Å². The highest BCUT2D eigenvalue weighted by Gasteiger charge is 2.31. The zero-order chi connectivity index (χ0) is 24.2. The van der Waals surface area contributed by atoms with Crippen LogP contribution in [-0.4, -0.2) is 70.4 Å². The SMILES string of the molecule is N#Cc1cc(-c2nc(Nc3ccc(CN4CCOCC4)nc3)ncc2F)cnc1C1CNC[C@H]1F. The first kappa shape index (κ1) is 23.2. The average molecular weight is 479 g/mol. The topological polar surface area (TPSA) is 112 Å². The van der Waals surface area contributed by atoms with E-state index in [-0.39, 0.29) is 23.8 Å². The Morgan fingerprint density at radius 1 is 1.14 bits per heavy atom. The fourth-order valence-corrected chi connectivity index (χ4v) is 4.24. The van der Waals surface area contributed by atoms with Crippen LogP contribution in [0.1, 0.15) is 22.9 Å². The van der Waals surface area contributed by atoms with E-state index in [1.807, 2.05) is 12.1 Å². The zero-order valence-corrected chi connectivity index (χ0v) is 18.9. The summed E-state index contributed by atoms with van der Waals surface area (Å²) in [6, 6.07) is 7.33. The molecule has 2 fully saturated rings. The van der Waals surface area contributed by atoms with Crippen molar-refractivity contribution in [2.45, 2.75) is 18.6 Å². The summed E-state index contributed by atoms with van der Waals surface area (Å²) in [6.07, 6.45) is 3.03. The van der Waals surface area contributed by atoms with E-state index in [0.717, 1.165) is 44.7 Å². The number of halogens is 2. The Kier molecular flexibility index (Phi) is 6.85. The highest BCUT2D eigenvalue weighted by molar-refractivity contribution is 5.64. The Balaban J connectivity index is 1.33. The minimum atomic E-state index is -1.12. The van der Waals surface area contributed by atoms with Gasteiger partial charge in [0, 0.05) is 50.4 Å². The van der Waals surface area contributed by atoms with Gasteiger partial charge in [-0.15, -0.1) is 0 Å². The molecule has 0 aromatic carbocycles. The molecule has 11 heteroatoms. The van der Waals surface area contributed by atoms with Crippen molar-refractivity contribution in [2.75, 3.05) is 44.7 Å². The van der Waals surface area contributed by atoms with Crippen molar-refractivity contribution in [1.82, 2.24) is 30.2 Å². The monoisotopic (exact) mass is 478 g/mol. The van der Waals surface area contributed by atoms with Crippen molar-refractivity contribution in [3.8, 4) is 17.3 Å². The van der Waals surface area contributed by atoms with Crippen molar-refractivity contribution >= 4 is 11.6 Å². The Morgan fingerprint density at radius 2 is 2.00 bits per heavy atom. The quantitative estimate of drug-likeness (QED) is 0.552. The van der Waals surface area contributed by atoms with Crippen molar-refractivity contribution in [1.29, 1.82) is 5.26 Å². The molecule has 2 N–H and O–H groups in total. The van der Waals surface area contributed by atoms with Gasteiger partial charge in [-0.25, -0.2) is 18.7 Å². The summed E-state index contributed by atoms with van der Waals surface area (Å²) >= 11 is 0. The third kappa shape index (κ3) is 5.24. The van der Waals surface area contributed by atoms with Gasteiger partial charge in [0.1, 0.15) is 17.9 Å². The highest BCUT2D eigenvalue weighted by atomic mass is 19.1. The predicted octanol–water partition coefficient (Wildman–Crippen LogP) is 2.55. The molecule has 2 aliphatic heterocycles. The first-order valence-corrected chi connectivity index (χ1v) is 11.4. The number of anilines is 2. The fraction of sp³-hybridized carbons (Fsp3) is 0.375. The highest BCUT2D eigenvalue weighted by Crippen LogP contribution is 2.30. The molecule has 0 spiro atoms. The molecule has 0 aliphatic carbocycles. The minimum absolute atomic E-state index is 0.00343. The Hall–Kier alpha value is -3.59. The van der Waals surface area contributed by atoms with Crippen LogP contribution in [0.4, 0.5) is 20.4 Å². The summed E-state index contributed by atoms with van der Waals surface area (Å²) in [5, 5.41) is 15.6. The summed E-state index contributed by atoms with van der Waals surface area (Å²) in [7, 11) is 0. The molecule has 2 saturated heterocycles. The van der Waals surface area contributed by atoms with Crippen molar-refractivity contribution in [2.24, 2.45) is 0 Å². The Bertz CT molecular complexity index is 1230. The van der Waals surface area contributed by atoms with E-state index in [1.165, 1.54) is 12.3 Å². The largest absolute Gasteiger partial charge is 0.379 e. The maximum Gasteiger partial charge on any atom is 0.227 e. The number of hydrogen-bond acceptors (Lipinski definition) is 9. The van der Waals surface area contributed by atoms with Crippen molar-refractivity contribution in [3.05, 3.63) is 59.6 Å². The number of hydrogen-bond donors (Lipinski definition) is 2. The van der Waals surface area contributed by atoms with Crippen LogP contribution in [0.3, 0.4) is 0 Å². The molecule has 5 heterocycles. The van der Waals surface area contributed by atoms with Gasteiger partial charge in [0.2, 0.25) is 5.95 Å². The number of nitrogens with zero attached hydrogens (tertiary/aromatic N) is 6. The van der Waals surface area contributed by atoms with Crippen LogP contribution in [0, 0.1) is 17.1 Å². The van der Waals surface area contributed by atoms with E-state index in [0.29, 0.717) is 23.5 Å². The number of alkyl halides is 1. The van der Waals surface area contributed by atoms with Crippen LogP contribution in [0.2, 0.25) is 0 Å². The van der Waals surface area contributed by atoms with Crippen molar-refractivity contribution in [3.63, 3.8) is 0 Å². The first-order chi connectivity index (χ1) is 17.1. The van der Waals surface area contributed by atoms with E-state index < -0.39 is 17.9 Å². The molecule has 0 amide bonds. The van der Waals surface area contributed by atoms with Crippen LogP contribution < -0.4 is 10.6 Å². The second kappa shape index (κ2) is 10.4. The molecule has 1 unspecified atom stereocenters. The van der Waals surface area contributed by atoms with E-state index in [1.54, 1.807) is 6.20 Å². The lowest BCUT2D eigenvalue weighted by molar-refractivity contribution is 0.0336. The van der Waals surface area contributed by atoms with Crippen LogP contribution in [0.15, 0.2) is 36.8 Å². The normalized spacial score (nSPS) is 20.5. The molecule has 5 rings (SSSR count). The maximum absolute atomic E-state index is 14.6. The number of nitriles is 1. The number of pyridine rings is 2. The predicted molar refractivity (Wildman–Crippen MR) is 124 cm³/mol. The molecule has 0 radical (unpaired) electrons. The van der Waals surface area contributed by atoms with Gasteiger partial charge in [-0.05, 0) is 18.2 Å². The van der Waals surface area contributed by atoms with Crippen molar-refractivity contribution < 1.29 is 13.5 Å². The first-order valence-electron chi connectivity index (χ1n) is 11.4. The third-order valence-corrected chi connectivity index (χ3v) is 6.12. The summed E-state index contributed by atoms with van der Waals surface area (Å²) in [5.41, 5.74) is 2.46. The number of morpholine rings is 1. The van der Waals surface area contributed by atoms with Gasteiger partial charge in [0.15, 0.2) is 5.82 Å². The molecule has 35 heavy (non-hydrogen) atoms. The Morgan fingerprint density at radius 3 is 2.71 bits per heavy atom. The lowest BCUT2D eigenvalue weighted by Gasteiger charge is -2.26. The molecule has 2 aliphatic rings. The molecular formula is C24H24F2N8O. The number of ether oxygens (including phenoxy) is 1. The number of nitrogens with one attached hydrogen (secondary N) is 2. The molecule has 3 aromatic rings. The summed E-state index contributed by atoms with van der Waals surface area (Å²) < 4.78 is 34.1. The zero-order valence-electron chi connectivity index (χ0n) is 18.9. The summed E-state index contributed by atoms with van der Waals surface area (Å²) in [5.74, 6) is -0.987. The molecule has 180 valence electrons. The van der Waals surface area contributed by atoms with E-state index in [2.05, 4.69) is 41.5 Å². The minimum Gasteiger partial charge on any atom is -0.379 e. The van der Waals surface area contributed by atoms with E-state index in [9.17, 15) is 14.0 Å². The maximum atomic E-state index is 14.6. The van der Waals surface area contributed by atoms with Crippen LogP contribution in [0.25, 0.3) is 11.3 Å². The Labute approximate surface area is 201 Å². The van der Waals surface area contributed by atoms with E-state index in [4.69, 9.17) is 4.74 Å². The smallest absolute Gasteiger partial charge is 0.227 e. The molecule has 0 bridgehead atoms. The van der Waals surface area contributed by atoms with Gasteiger partial charge in [0.05, 0.1) is 48.2 Å². The van der Waals surface area contributed by atoms with Gasteiger partial charge >= 0.3 is 0 Å². The molecule has 0 saturated carbocycles. The summed E-state index contributed by atoms with van der Waals surface area (Å²) in [6.45, 7) is 4.57. The van der Waals surface area contributed by atoms with Gasteiger partial charge in [-0.3, -0.25) is 14.9 Å². The second-order valence-electron chi connectivity index (χ2n) is 8.49. The average Bonchev–Trinajstić information content (AvgIpc) is 3.32. The van der Waals surface area contributed by atoms with Crippen LogP contribution in [-0.2, 0) is 11.3 Å². The standard InChI is InChI=1S/C24H24F2N8O/c25-20-12-28-11-19(20)22-15(8-27)7-16(9-30-22)23-21(26)13-31-24(33-23)32-17-1-2-18(29-10-17)14-34-3-5-35-6-4-34/h1-2,7,9-10,13,19-20,28H,3-6,11-12,14H2,(H,31,32,33)/t19?,20-/m1/s1. The van der Waals surface area contributed by atoms with Gasteiger partial charge < -0.3 is 15.4 Å². The number of aromatic nitrogens is 4. The lowest BCUT2D eigenvalue weighted by Crippen LogP contribution is -2.35. The summed E-state index contributed by atoms with van der Waals surface area (Å²) in [4.78, 5) is 19.4. The molecule has 9 nitrogen and oxygen atoms in total. The molecule has 3 aromatic heterocycles. The third-order valence-electron chi connectivity index (χ3n) is 6.12. The van der Waals surface area contributed by atoms with Crippen LogP contribution in [0.5, 0.6) is 0 Å².